The van der Waals surface area contributed by atoms with Crippen molar-refractivity contribution in [2.75, 3.05) is 19.6 Å². The zero-order valence-electron chi connectivity index (χ0n) is 10.9. The molecule has 1 unspecified atom stereocenters. The molecular formula is C14H17FN2O2. The van der Waals surface area contributed by atoms with E-state index < -0.39 is 5.82 Å². The standard InChI is InChI=1S/C14H17FN2O2/c1-2-12-14(19)16-6-7-17(12)9-13(18)10-4-3-5-11(15)8-10/h3-5,8,12H,2,6-7,9H2,1H3,(H,16,19). The number of hydrogen-bond acceptors (Lipinski definition) is 3. The van der Waals surface area contributed by atoms with Gasteiger partial charge in [-0.05, 0) is 18.6 Å². The van der Waals surface area contributed by atoms with Gasteiger partial charge >= 0.3 is 0 Å². The Labute approximate surface area is 111 Å². The van der Waals surface area contributed by atoms with Crippen LogP contribution in [0.1, 0.15) is 23.7 Å². The largest absolute Gasteiger partial charge is 0.353 e. The Morgan fingerprint density at radius 2 is 2.32 bits per heavy atom. The van der Waals surface area contributed by atoms with Crippen molar-refractivity contribution in [1.82, 2.24) is 10.2 Å². The summed E-state index contributed by atoms with van der Waals surface area (Å²) in [6.07, 6.45) is 0.655. The molecular weight excluding hydrogens is 247 g/mol. The number of nitrogens with one attached hydrogen (secondary N) is 1. The molecule has 1 aromatic rings. The molecule has 2 rings (SSSR count). The number of benzene rings is 1. The van der Waals surface area contributed by atoms with Gasteiger partial charge in [0.1, 0.15) is 5.82 Å². The van der Waals surface area contributed by atoms with Gasteiger partial charge < -0.3 is 5.32 Å². The summed E-state index contributed by atoms with van der Waals surface area (Å²) in [6, 6.07) is 5.37. The first-order chi connectivity index (χ1) is 9.11. The van der Waals surface area contributed by atoms with Crippen molar-refractivity contribution in [3.05, 3.63) is 35.6 Å². The highest BCUT2D eigenvalue weighted by molar-refractivity contribution is 5.98. The average Bonchev–Trinajstić information content (AvgIpc) is 2.39. The van der Waals surface area contributed by atoms with E-state index in [1.807, 2.05) is 11.8 Å². The first-order valence-corrected chi connectivity index (χ1v) is 6.42. The number of carbonyl (C=O) groups is 2. The maximum Gasteiger partial charge on any atom is 0.237 e. The molecule has 1 aliphatic heterocycles. The molecule has 1 aliphatic rings. The lowest BCUT2D eigenvalue weighted by atomic mass is 10.1. The molecule has 1 aromatic carbocycles. The highest BCUT2D eigenvalue weighted by Crippen LogP contribution is 2.11. The minimum atomic E-state index is -0.422. The van der Waals surface area contributed by atoms with E-state index in [1.165, 1.54) is 18.2 Å². The van der Waals surface area contributed by atoms with Gasteiger partial charge in [0.2, 0.25) is 5.91 Å². The minimum Gasteiger partial charge on any atom is -0.353 e. The predicted molar refractivity (Wildman–Crippen MR) is 69.4 cm³/mol. The SMILES string of the molecule is CCC1C(=O)NCCN1CC(=O)c1cccc(F)c1. The quantitative estimate of drug-likeness (QED) is 0.832. The third-order valence-corrected chi connectivity index (χ3v) is 3.32. The van der Waals surface area contributed by atoms with Crippen LogP contribution in [-0.2, 0) is 4.79 Å². The number of piperazine rings is 1. The molecule has 0 saturated carbocycles. The highest BCUT2D eigenvalue weighted by atomic mass is 19.1. The Kier molecular flexibility index (Phi) is 4.27. The molecule has 1 atom stereocenters. The van der Waals surface area contributed by atoms with Crippen molar-refractivity contribution in [1.29, 1.82) is 0 Å². The van der Waals surface area contributed by atoms with E-state index in [0.29, 0.717) is 25.1 Å². The van der Waals surface area contributed by atoms with Gasteiger partial charge in [0.25, 0.3) is 0 Å². The van der Waals surface area contributed by atoms with Gasteiger partial charge in [-0.3, -0.25) is 14.5 Å². The first-order valence-electron chi connectivity index (χ1n) is 6.42. The van der Waals surface area contributed by atoms with E-state index in [-0.39, 0.29) is 24.3 Å². The van der Waals surface area contributed by atoms with E-state index in [9.17, 15) is 14.0 Å². The summed E-state index contributed by atoms with van der Waals surface area (Å²) in [7, 11) is 0. The third kappa shape index (κ3) is 3.17. The maximum atomic E-state index is 13.1. The smallest absolute Gasteiger partial charge is 0.237 e. The number of carbonyl (C=O) groups excluding carboxylic acids is 2. The van der Waals surface area contributed by atoms with E-state index in [0.717, 1.165) is 0 Å². The van der Waals surface area contributed by atoms with Crippen LogP contribution in [0.5, 0.6) is 0 Å². The summed E-state index contributed by atoms with van der Waals surface area (Å²) in [5.41, 5.74) is 0.348. The van der Waals surface area contributed by atoms with Gasteiger partial charge in [-0.15, -0.1) is 0 Å². The topological polar surface area (TPSA) is 49.4 Å². The van der Waals surface area contributed by atoms with Gasteiger partial charge in [0.15, 0.2) is 5.78 Å². The number of amides is 1. The Hall–Kier alpha value is -1.75. The minimum absolute atomic E-state index is 0.0409. The lowest BCUT2D eigenvalue weighted by Crippen LogP contribution is -2.56. The van der Waals surface area contributed by atoms with E-state index >= 15 is 0 Å². The second-order valence-electron chi connectivity index (χ2n) is 4.62. The van der Waals surface area contributed by atoms with E-state index in [1.54, 1.807) is 6.07 Å². The summed E-state index contributed by atoms with van der Waals surface area (Å²) in [4.78, 5) is 25.6. The molecule has 0 aromatic heterocycles. The van der Waals surface area contributed by atoms with Crippen molar-refractivity contribution in [3.8, 4) is 0 Å². The van der Waals surface area contributed by atoms with Crippen molar-refractivity contribution in [2.45, 2.75) is 19.4 Å². The van der Waals surface area contributed by atoms with Crippen LogP contribution in [0, 0.1) is 5.82 Å². The molecule has 0 bridgehead atoms. The number of rotatable bonds is 4. The monoisotopic (exact) mass is 264 g/mol. The fourth-order valence-electron chi connectivity index (χ4n) is 2.33. The van der Waals surface area contributed by atoms with Gasteiger partial charge in [0.05, 0.1) is 12.6 Å². The molecule has 0 aliphatic carbocycles. The molecule has 4 nitrogen and oxygen atoms in total. The van der Waals surface area contributed by atoms with Gasteiger partial charge in [-0.25, -0.2) is 4.39 Å². The summed E-state index contributed by atoms with van der Waals surface area (Å²) in [6.45, 7) is 3.25. The Morgan fingerprint density at radius 3 is 3.00 bits per heavy atom. The predicted octanol–water partition coefficient (Wildman–Crippen LogP) is 1.22. The number of nitrogens with zero attached hydrogens (tertiary/aromatic N) is 1. The van der Waals surface area contributed by atoms with Crippen LogP contribution in [0.15, 0.2) is 24.3 Å². The Bertz CT molecular complexity index is 490. The fraction of sp³-hybridized carbons (Fsp3) is 0.429. The third-order valence-electron chi connectivity index (χ3n) is 3.32. The number of halogens is 1. The second-order valence-corrected chi connectivity index (χ2v) is 4.62. The molecule has 102 valence electrons. The Morgan fingerprint density at radius 1 is 1.53 bits per heavy atom. The zero-order valence-corrected chi connectivity index (χ0v) is 10.9. The summed E-state index contributed by atoms with van der Waals surface area (Å²) >= 11 is 0. The number of hydrogen-bond donors (Lipinski definition) is 1. The van der Waals surface area contributed by atoms with Crippen molar-refractivity contribution >= 4 is 11.7 Å². The van der Waals surface area contributed by atoms with Crippen LogP contribution in [0.3, 0.4) is 0 Å². The molecule has 0 spiro atoms. The van der Waals surface area contributed by atoms with Crippen molar-refractivity contribution < 1.29 is 14.0 Å². The average molecular weight is 264 g/mol. The van der Waals surface area contributed by atoms with Crippen LogP contribution in [0.4, 0.5) is 4.39 Å². The van der Waals surface area contributed by atoms with Gasteiger partial charge in [-0.2, -0.15) is 0 Å². The Balaban J connectivity index is 2.07. The van der Waals surface area contributed by atoms with Crippen molar-refractivity contribution in [3.63, 3.8) is 0 Å². The first kappa shape index (κ1) is 13.7. The number of Topliss-reactive ketones (excluding diaryl/α,β-unsaturated/α-hetero) is 1. The lowest BCUT2D eigenvalue weighted by molar-refractivity contribution is -0.128. The second kappa shape index (κ2) is 5.93. The molecule has 1 heterocycles. The summed E-state index contributed by atoms with van der Waals surface area (Å²) < 4.78 is 13.1. The van der Waals surface area contributed by atoms with Gasteiger partial charge in [-0.1, -0.05) is 19.1 Å². The van der Waals surface area contributed by atoms with Gasteiger partial charge in [0, 0.05) is 18.7 Å². The highest BCUT2D eigenvalue weighted by Gasteiger charge is 2.29. The number of ketones is 1. The molecule has 1 saturated heterocycles. The molecule has 1 fully saturated rings. The van der Waals surface area contributed by atoms with Crippen LogP contribution in [0.2, 0.25) is 0 Å². The lowest BCUT2D eigenvalue weighted by Gasteiger charge is -2.33. The maximum absolute atomic E-state index is 13.1. The molecule has 0 radical (unpaired) electrons. The van der Waals surface area contributed by atoms with Crippen LogP contribution in [-0.4, -0.2) is 42.3 Å². The van der Waals surface area contributed by atoms with Crippen molar-refractivity contribution in [2.24, 2.45) is 0 Å². The summed E-state index contributed by atoms with van der Waals surface area (Å²) in [5, 5.41) is 2.78. The fourth-order valence-corrected chi connectivity index (χ4v) is 2.33. The molecule has 19 heavy (non-hydrogen) atoms. The normalized spacial score (nSPS) is 20.1. The van der Waals surface area contributed by atoms with E-state index in [4.69, 9.17) is 0 Å². The zero-order chi connectivity index (χ0) is 13.8. The molecule has 1 N–H and O–H groups in total. The molecule has 5 heteroatoms. The summed E-state index contributed by atoms with van der Waals surface area (Å²) in [5.74, 6) is -0.622. The van der Waals surface area contributed by atoms with Crippen LogP contribution >= 0.6 is 0 Å². The van der Waals surface area contributed by atoms with Crippen LogP contribution < -0.4 is 5.32 Å². The van der Waals surface area contributed by atoms with E-state index in [2.05, 4.69) is 5.32 Å². The molecule has 1 amide bonds. The van der Waals surface area contributed by atoms with Crippen LogP contribution in [0.25, 0.3) is 0 Å².